The van der Waals surface area contributed by atoms with Gasteiger partial charge in [0.15, 0.2) is 0 Å². The van der Waals surface area contributed by atoms with Crippen LogP contribution >= 0.6 is 0 Å². The van der Waals surface area contributed by atoms with E-state index in [0.717, 1.165) is 27.9 Å². The van der Waals surface area contributed by atoms with Crippen molar-refractivity contribution in [1.82, 2.24) is 15.0 Å². The fourth-order valence-electron chi connectivity index (χ4n) is 2.95. The summed E-state index contributed by atoms with van der Waals surface area (Å²) in [5.74, 6) is 0.706. The number of nitrogens with one attached hydrogen (secondary N) is 1. The second kappa shape index (κ2) is 6.06. The van der Waals surface area contributed by atoms with E-state index in [2.05, 4.69) is 49.1 Å². The maximum Gasteiger partial charge on any atom is 0.270 e. The van der Waals surface area contributed by atoms with Crippen LogP contribution < -0.4 is 0 Å². The minimum atomic E-state index is -0.0477. The van der Waals surface area contributed by atoms with Gasteiger partial charge in [-0.15, -0.1) is 0 Å². The molecular weight excluding hydrogens is 314 g/mol. The topological polar surface area (TPSA) is 62.1 Å². The van der Waals surface area contributed by atoms with Crippen LogP contribution in [0.4, 0.5) is 0 Å². The van der Waals surface area contributed by atoms with Gasteiger partial charge in [-0.1, -0.05) is 38.1 Å². The summed E-state index contributed by atoms with van der Waals surface area (Å²) in [5.41, 5.74) is 4.68. The Morgan fingerprint density at radius 2 is 1.96 bits per heavy atom. The number of aromatic nitrogens is 2. The largest absolute Gasteiger partial charge is 0.361 e. The molecule has 0 fully saturated rings. The fraction of sp³-hybridized carbons (Fsp3) is 0.400. The molecule has 5 nitrogen and oxygen atoms in total. The van der Waals surface area contributed by atoms with E-state index in [-0.39, 0.29) is 11.3 Å². The highest BCUT2D eigenvalue weighted by Gasteiger charge is 2.19. The van der Waals surface area contributed by atoms with Crippen LogP contribution in [0.25, 0.3) is 10.9 Å². The lowest BCUT2D eigenvalue weighted by Gasteiger charge is -2.18. The van der Waals surface area contributed by atoms with Crippen LogP contribution in [0.15, 0.2) is 28.8 Å². The molecule has 0 aliphatic heterocycles. The average Bonchev–Trinajstić information content (AvgIpc) is 3.10. The van der Waals surface area contributed by atoms with Crippen LogP contribution in [0, 0.1) is 13.8 Å². The molecule has 1 N–H and O–H groups in total. The van der Waals surface area contributed by atoms with Crippen molar-refractivity contribution in [3.63, 3.8) is 0 Å². The molecule has 2 aromatic heterocycles. The van der Waals surface area contributed by atoms with E-state index in [1.165, 1.54) is 5.56 Å². The Hall–Kier alpha value is -2.56. The van der Waals surface area contributed by atoms with Gasteiger partial charge in [0.25, 0.3) is 5.91 Å². The maximum absolute atomic E-state index is 12.8. The molecule has 1 amide bonds. The van der Waals surface area contributed by atoms with Crippen molar-refractivity contribution in [2.24, 2.45) is 0 Å². The zero-order valence-electron chi connectivity index (χ0n) is 15.7. The number of H-pyrrole nitrogens is 1. The monoisotopic (exact) mass is 339 g/mol. The summed E-state index contributed by atoms with van der Waals surface area (Å²) < 4.78 is 5.18. The number of aryl methyl sites for hydroxylation is 2. The van der Waals surface area contributed by atoms with Gasteiger partial charge in [0, 0.05) is 23.5 Å². The predicted molar refractivity (Wildman–Crippen MR) is 98.8 cm³/mol. The van der Waals surface area contributed by atoms with E-state index in [1.807, 2.05) is 19.9 Å². The van der Waals surface area contributed by atoms with E-state index < -0.39 is 0 Å². The second-order valence-corrected chi connectivity index (χ2v) is 7.70. The lowest BCUT2D eigenvalue weighted by atomic mass is 9.87. The lowest BCUT2D eigenvalue weighted by molar-refractivity contribution is 0.0779. The number of benzene rings is 1. The number of fused-ring (bicyclic) bond motifs is 1. The van der Waals surface area contributed by atoms with Gasteiger partial charge in [0.2, 0.25) is 0 Å². The van der Waals surface area contributed by atoms with Gasteiger partial charge in [0.1, 0.15) is 11.5 Å². The highest BCUT2D eigenvalue weighted by Crippen LogP contribution is 2.26. The predicted octanol–water partition coefficient (Wildman–Crippen LogP) is 4.34. The van der Waals surface area contributed by atoms with Gasteiger partial charge in [-0.05, 0) is 37.0 Å². The molecule has 132 valence electrons. The molecule has 0 saturated heterocycles. The number of rotatable bonds is 3. The minimum Gasteiger partial charge on any atom is -0.361 e. The molecule has 0 aliphatic carbocycles. The first-order valence-corrected chi connectivity index (χ1v) is 8.47. The van der Waals surface area contributed by atoms with Crippen molar-refractivity contribution in [2.75, 3.05) is 7.05 Å². The van der Waals surface area contributed by atoms with Crippen LogP contribution in [-0.2, 0) is 12.0 Å². The molecule has 3 rings (SSSR count). The Bertz CT molecular complexity index is 909. The number of aromatic amines is 1. The van der Waals surface area contributed by atoms with Crippen molar-refractivity contribution >= 4 is 16.8 Å². The SMILES string of the molecule is Cc1noc(C)c1CN(C)C(=O)c1cc2ccc(C(C)(C)C)cc2[nH]1. The highest BCUT2D eigenvalue weighted by atomic mass is 16.5. The second-order valence-electron chi connectivity index (χ2n) is 7.70. The standard InChI is InChI=1S/C20H25N3O2/c1-12-16(13(2)25-22-12)11-23(6)19(24)18-9-14-7-8-15(20(3,4)5)10-17(14)21-18/h7-10,21H,11H2,1-6H3. The molecule has 0 spiro atoms. The van der Waals surface area contributed by atoms with Crippen molar-refractivity contribution in [2.45, 2.75) is 46.6 Å². The van der Waals surface area contributed by atoms with E-state index in [1.54, 1.807) is 11.9 Å². The summed E-state index contributed by atoms with van der Waals surface area (Å²) >= 11 is 0. The summed E-state index contributed by atoms with van der Waals surface area (Å²) in [7, 11) is 1.79. The third kappa shape index (κ3) is 3.31. The molecule has 0 bridgehead atoms. The molecule has 1 aromatic carbocycles. The van der Waals surface area contributed by atoms with Gasteiger partial charge in [-0.25, -0.2) is 0 Å². The number of hydrogen-bond donors (Lipinski definition) is 1. The molecule has 0 unspecified atom stereocenters. The van der Waals surface area contributed by atoms with Crippen molar-refractivity contribution < 1.29 is 9.32 Å². The van der Waals surface area contributed by atoms with Crippen molar-refractivity contribution in [3.8, 4) is 0 Å². The van der Waals surface area contributed by atoms with Gasteiger partial charge in [-0.3, -0.25) is 4.79 Å². The third-order valence-electron chi connectivity index (χ3n) is 4.64. The summed E-state index contributed by atoms with van der Waals surface area (Å²) in [4.78, 5) is 17.7. The van der Waals surface area contributed by atoms with Crippen LogP contribution in [0.2, 0.25) is 0 Å². The molecule has 2 heterocycles. The zero-order valence-corrected chi connectivity index (χ0v) is 15.7. The van der Waals surface area contributed by atoms with Gasteiger partial charge >= 0.3 is 0 Å². The summed E-state index contributed by atoms with van der Waals surface area (Å²) in [6.07, 6.45) is 0. The number of nitrogens with zero attached hydrogens (tertiary/aromatic N) is 2. The van der Waals surface area contributed by atoms with Gasteiger partial charge in [-0.2, -0.15) is 0 Å². The van der Waals surface area contributed by atoms with Crippen LogP contribution in [0.5, 0.6) is 0 Å². The Labute approximate surface area is 148 Å². The van der Waals surface area contributed by atoms with Crippen LogP contribution in [0.3, 0.4) is 0 Å². The smallest absolute Gasteiger partial charge is 0.270 e. The molecule has 0 aliphatic rings. The average molecular weight is 339 g/mol. The molecule has 5 heteroatoms. The Balaban J connectivity index is 1.86. The molecule has 3 aromatic rings. The van der Waals surface area contributed by atoms with E-state index in [0.29, 0.717) is 12.2 Å². The summed E-state index contributed by atoms with van der Waals surface area (Å²) in [6.45, 7) is 10.8. The zero-order chi connectivity index (χ0) is 18.4. The van der Waals surface area contributed by atoms with E-state index in [4.69, 9.17) is 4.52 Å². The Morgan fingerprint density at radius 1 is 1.24 bits per heavy atom. The van der Waals surface area contributed by atoms with Gasteiger partial charge < -0.3 is 14.4 Å². The first-order valence-electron chi connectivity index (χ1n) is 8.47. The quantitative estimate of drug-likeness (QED) is 0.772. The minimum absolute atomic E-state index is 0.0477. The first-order chi connectivity index (χ1) is 11.7. The first kappa shape index (κ1) is 17.3. The molecule has 0 radical (unpaired) electrons. The number of amides is 1. The summed E-state index contributed by atoms with van der Waals surface area (Å²) in [6, 6.07) is 8.23. The normalized spacial score (nSPS) is 11.9. The molecule has 0 saturated carbocycles. The maximum atomic E-state index is 12.8. The van der Waals surface area contributed by atoms with Gasteiger partial charge in [0.05, 0.1) is 12.2 Å². The van der Waals surface area contributed by atoms with E-state index in [9.17, 15) is 4.79 Å². The Kier molecular flexibility index (Phi) is 4.19. The molecule has 25 heavy (non-hydrogen) atoms. The molecular formula is C20H25N3O2. The van der Waals surface area contributed by atoms with Crippen molar-refractivity contribution in [1.29, 1.82) is 0 Å². The Morgan fingerprint density at radius 3 is 2.56 bits per heavy atom. The number of hydrogen-bond acceptors (Lipinski definition) is 3. The lowest BCUT2D eigenvalue weighted by Crippen LogP contribution is -2.26. The van der Waals surface area contributed by atoms with Crippen molar-refractivity contribution in [3.05, 3.63) is 52.5 Å². The summed E-state index contributed by atoms with van der Waals surface area (Å²) in [5, 5.41) is 4.99. The highest BCUT2D eigenvalue weighted by molar-refractivity contribution is 5.98. The molecule has 0 atom stereocenters. The number of carbonyl (C=O) groups is 1. The van der Waals surface area contributed by atoms with Crippen LogP contribution in [-0.4, -0.2) is 28.0 Å². The fourth-order valence-corrected chi connectivity index (χ4v) is 2.95. The van der Waals surface area contributed by atoms with E-state index >= 15 is 0 Å². The number of carbonyl (C=O) groups excluding carboxylic acids is 1. The van der Waals surface area contributed by atoms with Crippen LogP contribution in [0.1, 0.15) is 53.8 Å². The third-order valence-corrected chi connectivity index (χ3v) is 4.64.